The van der Waals surface area contributed by atoms with Crippen molar-refractivity contribution in [3.8, 4) is 0 Å². The topological polar surface area (TPSA) is 17.1 Å². The molecule has 1 heteroatoms. The van der Waals surface area contributed by atoms with Gasteiger partial charge in [-0.2, -0.15) is 0 Å². The van der Waals surface area contributed by atoms with E-state index in [9.17, 15) is 4.79 Å². The number of hydrogen-bond donors (Lipinski definition) is 0. The molecule has 0 radical (unpaired) electrons. The van der Waals surface area contributed by atoms with E-state index in [4.69, 9.17) is 0 Å². The lowest BCUT2D eigenvalue weighted by atomic mass is 9.90. The summed E-state index contributed by atoms with van der Waals surface area (Å²) in [6.45, 7) is 2.19. The molecule has 0 spiro atoms. The van der Waals surface area contributed by atoms with Crippen LogP contribution in [0.2, 0.25) is 0 Å². The van der Waals surface area contributed by atoms with Crippen molar-refractivity contribution < 1.29 is 4.79 Å². The van der Waals surface area contributed by atoms with Gasteiger partial charge in [-0.15, -0.1) is 0 Å². The number of rotatable bonds is 2. The minimum absolute atomic E-state index is 0.302. The lowest BCUT2D eigenvalue weighted by molar-refractivity contribution is -0.121. The number of fused-ring (bicyclic) bond motifs is 2. The summed E-state index contributed by atoms with van der Waals surface area (Å²) in [5.41, 5.74) is 0. The molecule has 1 saturated carbocycles. The number of carbonyl (C=O) groups is 1. The van der Waals surface area contributed by atoms with Crippen LogP contribution in [-0.4, -0.2) is 5.78 Å². The fourth-order valence-corrected chi connectivity index (χ4v) is 2.42. The Kier molecular flexibility index (Phi) is 1.59. The third-order valence-electron chi connectivity index (χ3n) is 2.97. The SMILES string of the molecule is CCCC1CC2C=CC1C2=O. The van der Waals surface area contributed by atoms with Crippen molar-refractivity contribution in [3.05, 3.63) is 12.2 Å². The van der Waals surface area contributed by atoms with E-state index in [1.54, 1.807) is 0 Å². The van der Waals surface area contributed by atoms with Crippen molar-refractivity contribution in [2.45, 2.75) is 26.2 Å². The van der Waals surface area contributed by atoms with Crippen molar-refractivity contribution >= 4 is 5.78 Å². The van der Waals surface area contributed by atoms with Crippen molar-refractivity contribution in [1.82, 2.24) is 0 Å². The molecule has 1 fully saturated rings. The smallest absolute Gasteiger partial charge is 0.146 e. The van der Waals surface area contributed by atoms with Gasteiger partial charge in [0.1, 0.15) is 5.78 Å². The maximum absolute atomic E-state index is 11.4. The van der Waals surface area contributed by atoms with E-state index in [0.29, 0.717) is 23.5 Å². The average molecular weight is 150 g/mol. The molecule has 0 N–H and O–H groups in total. The van der Waals surface area contributed by atoms with Crippen molar-refractivity contribution in [3.63, 3.8) is 0 Å². The molecule has 3 atom stereocenters. The number of ketones is 1. The van der Waals surface area contributed by atoms with Gasteiger partial charge in [0, 0.05) is 11.8 Å². The molecular weight excluding hydrogens is 136 g/mol. The molecule has 11 heavy (non-hydrogen) atoms. The normalized spacial score (nSPS) is 40.5. The number of hydrogen-bond acceptors (Lipinski definition) is 1. The first kappa shape index (κ1) is 7.08. The highest BCUT2D eigenvalue weighted by molar-refractivity contribution is 5.91. The van der Waals surface area contributed by atoms with Gasteiger partial charge < -0.3 is 0 Å². The molecule has 0 aromatic carbocycles. The Morgan fingerprint density at radius 3 is 2.82 bits per heavy atom. The first-order valence-electron chi connectivity index (χ1n) is 4.55. The summed E-state index contributed by atoms with van der Waals surface area (Å²) in [4.78, 5) is 11.4. The van der Waals surface area contributed by atoms with Crippen LogP contribution in [0.4, 0.5) is 0 Å². The van der Waals surface area contributed by atoms with Gasteiger partial charge in [-0.3, -0.25) is 4.79 Å². The summed E-state index contributed by atoms with van der Waals surface area (Å²) in [6.07, 6.45) is 7.80. The lowest BCUT2D eigenvalue weighted by Gasteiger charge is -2.14. The molecular formula is C10H14O. The second-order valence-electron chi connectivity index (χ2n) is 3.70. The maximum Gasteiger partial charge on any atom is 0.146 e. The number of carbonyl (C=O) groups excluding carboxylic acids is 1. The predicted octanol–water partition coefficient (Wildman–Crippen LogP) is 2.18. The van der Waals surface area contributed by atoms with E-state index in [-0.39, 0.29) is 0 Å². The average Bonchev–Trinajstić information content (AvgIpc) is 2.47. The summed E-state index contributed by atoms with van der Waals surface area (Å²) >= 11 is 0. The molecule has 2 bridgehead atoms. The van der Waals surface area contributed by atoms with Gasteiger partial charge in [0.15, 0.2) is 0 Å². The Bertz CT molecular complexity index is 205. The highest BCUT2D eigenvalue weighted by atomic mass is 16.1. The van der Waals surface area contributed by atoms with E-state index in [1.165, 1.54) is 12.8 Å². The van der Waals surface area contributed by atoms with Gasteiger partial charge in [-0.05, 0) is 18.8 Å². The molecule has 60 valence electrons. The van der Waals surface area contributed by atoms with E-state index in [1.807, 2.05) is 0 Å². The first-order valence-corrected chi connectivity index (χ1v) is 4.55. The Hall–Kier alpha value is -0.590. The second-order valence-corrected chi connectivity index (χ2v) is 3.70. The van der Waals surface area contributed by atoms with Crippen LogP contribution in [0.25, 0.3) is 0 Å². The lowest BCUT2D eigenvalue weighted by Crippen LogP contribution is -2.09. The third-order valence-corrected chi connectivity index (χ3v) is 2.97. The molecule has 2 aliphatic carbocycles. The predicted molar refractivity (Wildman–Crippen MR) is 44.1 cm³/mol. The quantitative estimate of drug-likeness (QED) is 0.551. The zero-order valence-electron chi connectivity index (χ0n) is 6.92. The highest BCUT2D eigenvalue weighted by Crippen LogP contribution is 2.42. The Balaban J connectivity index is 2.09. The number of allylic oxidation sites excluding steroid dienone is 2. The van der Waals surface area contributed by atoms with Crippen LogP contribution in [0.1, 0.15) is 26.2 Å². The molecule has 0 aliphatic heterocycles. The summed E-state index contributed by atoms with van der Waals surface area (Å²) in [6, 6.07) is 0. The second kappa shape index (κ2) is 2.47. The van der Waals surface area contributed by atoms with Crippen LogP contribution in [0.3, 0.4) is 0 Å². The number of Topliss-reactive ketones (excluding diaryl/α,β-unsaturated/α-hetero) is 1. The van der Waals surface area contributed by atoms with Crippen molar-refractivity contribution in [1.29, 1.82) is 0 Å². The maximum atomic E-state index is 11.4. The molecule has 0 heterocycles. The summed E-state index contributed by atoms with van der Waals surface area (Å²) in [5.74, 6) is 1.78. The van der Waals surface area contributed by atoms with Gasteiger partial charge >= 0.3 is 0 Å². The van der Waals surface area contributed by atoms with Crippen molar-refractivity contribution in [2.75, 3.05) is 0 Å². The van der Waals surface area contributed by atoms with Crippen LogP contribution in [0, 0.1) is 17.8 Å². The summed E-state index contributed by atoms with van der Waals surface area (Å²) in [5, 5.41) is 0. The zero-order chi connectivity index (χ0) is 7.84. The first-order chi connectivity index (χ1) is 5.33. The van der Waals surface area contributed by atoms with Gasteiger partial charge in [0.2, 0.25) is 0 Å². The molecule has 3 unspecified atom stereocenters. The molecule has 2 rings (SSSR count). The van der Waals surface area contributed by atoms with E-state index >= 15 is 0 Å². The summed E-state index contributed by atoms with van der Waals surface area (Å²) < 4.78 is 0. The standard InChI is InChI=1S/C10H14O/c1-2-3-7-6-8-4-5-9(7)10(8)11/h4-5,7-9H,2-3,6H2,1H3. The minimum Gasteiger partial charge on any atom is -0.298 e. The van der Waals surface area contributed by atoms with Crippen LogP contribution in [0.5, 0.6) is 0 Å². The Morgan fingerprint density at radius 1 is 1.55 bits per heavy atom. The van der Waals surface area contributed by atoms with Gasteiger partial charge in [0.25, 0.3) is 0 Å². The largest absolute Gasteiger partial charge is 0.298 e. The van der Waals surface area contributed by atoms with Gasteiger partial charge in [-0.25, -0.2) is 0 Å². The van der Waals surface area contributed by atoms with Crippen LogP contribution >= 0.6 is 0 Å². The highest BCUT2D eigenvalue weighted by Gasteiger charge is 2.42. The molecule has 2 aliphatic rings. The molecule has 0 amide bonds. The van der Waals surface area contributed by atoms with E-state index < -0.39 is 0 Å². The zero-order valence-corrected chi connectivity index (χ0v) is 6.92. The van der Waals surface area contributed by atoms with Crippen molar-refractivity contribution in [2.24, 2.45) is 17.8 Å². The third kappa shape index (κ3) is 0.943. The molecule has 0 saturated heterocycles. The van der Waals surface area contributed by atoms with E-state index in [2.05, 4.69) is 19.1 Å². The van der Waals surface area contributed by atoms with E-state index in [0.717, 1.165) is 6.42 Å². The monoisotopic (exact) mass is 150 g/mol. The Morgan fingerprint density at radius 2 is 2.36 bits per heavy atom. The summed E-state index contributed by atoms with van der Waals surface area (Å²) in [7, 11) is 0. The minimum atomic E-state index is 0.302. The molecule has 1 nitrogen and oxygen atoms in total. The van der Waals surface area contributed by atoms with Gasteiger partial charge in [-0.1, -0.05) is 25.5 Å². The fraction of sp³-hybridized carbons (Fsp3) is 0.700. The van der Waals surface area contributed by atoms with Crippen LogP contribution in [-0.2, 0) is 4.79 Å². The van der Waals surface area contributed by atoms with Crippen LogP contribution in [0.15, 0.2) is 12.2 Å². The molecule has 0 aromatic heterocycles. The fourth-order valence-electron chi connectivity index (χ4n) is 2.42. The van der Waals surface area contributed by atoms with Gasteiger partial charge in [0.05, 0.1) is 0 Å². The Labute approximate surface area is 67.5 Å². The molecule has 0 aromatic rings. The van der Waals surface area contributed by atoms with Crippen LogP contribution < -0.4 is 0 Å².